The van der Waals surface area contributed by atoms with E-state index in [1.165, 1.54) is 18.1 Å². The Kier molecular flexibility index (Phi) is 7.91. The quantitative estimate of drug-likeness (QED) is 0.256. The second kappa shape index (κ2) is 10.9. The highest BCUT2D eigenvalue weighted by Gasteiger charge is 2.43. The number of carboxylic acids is 1. The Balaban J connectivity index is 1.43. The van der Waals surface area contributed by atoms with Crippen molar-refractivity contribution >= 4 is 46.2 Å². The van der Waals surface area contributed by atoms with Crippen molar-refractivity contribution in [3.05, 3.63) is 53.4 Å². The van der Waals surface area contributed by atoms with Crippen LogP contribution in [0.4, 0.5) is 5.82 Å². The number of nitrogens with one attached hydrogen (secondary N) is 1. The summed E-state index contributed by atoms with van der Waals surface area (Å²) in [7, 11) is 0. The van der Waals surface area contributed by atoms with Gasteiger partial charge in [0.15, 0.2) is 6.23 Å². The molecule has 1 saturated heterocycles. The summed E-state index contributed by atoms with van der Waals surface area (Å²) in [6.45, 7) is 0.518. The normalized spacial score (nSPS) is 23.3. The highest BCUT2D eigenvalue weighted by atomic mass is 35.5. The second-order valence-electron chi connectivity index (χ2n) is 8.02. The number of hydrogen-bond donors (Lipinski definition) is 5. The summed E-state index contributed by atoms with van der Waals surface area (Å²) in [5.74, 6) is 0.471. The molecule has 0 radical (unpaired) electrons. The number of carboxylic acid groups (broad SMARTS) is 1. The van der Waals surface area contributed by atoms with Crippen molar-refractivity contribution in [1.29, 1.82) is 0 Å². The smallest absolute Gasteiger partial charge is 0.320 e. The molecule has 6 N–H and O–H groups in total. The molecule has 3 aromatic rings. The molecule has 1 aromatic carbocycles. The maximum Gasteiger partial charge on any atom is 0.320 e. The lowest BCUT2D eigenvalue weighted by atomic mass is 10.1. The van der Waals surface area contributed by atoms with Crippen molar-refractivity contribution in [3.63, 3.8) is 0 Å². The number of carbonyl (C=O) groups is 1. The van der Waals surface area contributed by atoms with Gasteiger partial charge in [0.1, 0.15) is 36.0 Å². The van der Waals surface area contributed by atoms with E-state index in [-0.39, 0.29) is 0 Å². The van der Waals surface area contributed by atoms with Gasteiger partial charge in [0.25, 0.3) is 0 Å². The summed E-state index contributed by atoms with van der Waals surface area (Å²) in [6, 6.07) is 8.42. The highest BCUT2D eigenvalue weighted by molar-refractivity contribution is 7.99. The Bertz CT molecular complexity index is 1150. The third-order valence-corrected chi connectivity index (χ3v) is 6.97. The number of benzene rings is 1. The van der Waals surface area contributed by atoms with Gasteiger partial charge >= 0.3 is 5.97 Å². The first kappa shape index (κ1) is 24.7. The molecule has 12 heteroatoms. The Morgan fingerprint density at radius 3 is 2.88 bits per heavy atom. The molecule has 0 spiro atoms. The molecule has 0 amide bonds. The molecule has 10 nitrogen and oxygen atoms in total. The lowest BCUT2D eigenvalue weighted by molar-refractivity contribution is -0.138. The number of halogens is 1. The number of rotatable bonds is 10. The average molecular weight is 508 g/mol. The van der Waals surface area contributed by atoms with Crippen molar-refractivity contribution in [3.8, 4) is 0 Å². The zero-order chi connectivity index (χ0) is 24.2. The number of anilines is 1. The van der Waals surface area contributed by atoms with Crippen LogP contribution in [-0.4, -0.2) is 71.7 Å². The third-order valence-electron chi connectivity index (χ3n) is 5.64. The summed E-state index contributed by atoms with van der Waals surface area (Å²) in [5, 5.41) is 34.7. The maximum absolute atomic E-state index is 10.8. The van der Waals surface area contributed by atoms with Gasteiger partial charge in [-0.1, -0.05) is 23.7 Å². The molecule has 4 rings (SSSR count). The molecule has 182 valence electrons. The van der Waals surface area contributed by atoms with Crippen molar-refractivity contribution in [2.24, 2.45) is 5.73 Å². The van der Waals surface area contributed by atoms with Gasteiger partial charge < -0.3 is 35.7 Å². The first-order valence-electron chi connectivity index (χ1n) is 10.7. The zero-order valence-electron chi connectivity index (χ0n) is 18.1. The van der Waals surface area contributed by atoms with Gasteiger partial charge in [-0.15, -0.1) is 0 Å². The molecule has 1 fully saturated rings. The van der Waals surface area contributed by atoms with Crippen LogP contribution < -0.4 is 11.1 Å². The second-order valence-corrected chi connectivity index (χ2v) is 9.61. The van der Waals surface area contributed by atoms with Crippen LogP contribution >= 0.6 is 23.4 Å². The molecule has 3 heterocycles. The van der Waals surface area contributed by atoms with Crippen LogP contribution in [0.25, 0.3) is 11.0 Å². The minimum absolute atomic E-state index is 0.304. The van der Waals surface area contributed by atoms with E-state index in [1.807, 2.05) is 30.3 Å². The van der Waals surface area contributed by atoms with Gasteiger partial charge in [0, 0.05) is 23.5 Å². The van der Waals surface area contributed by atoms with Gasteiger partial charge in [0.05, 0.1) is 11.5 Å². The minimum Gasteiger partial charge on any atom is -0.480 e. The van der Waals surface area contributed by atoms with Crippen LogP contribution in [0, 0.1) is 0 Å². The molecule has 0 saturated carbocycles. The highest BCUT2D eigenvalue weighted by Crippen LogP contribution is 2.34. The van der Waals surface area contributed by atoms with E-state index in [4.69, 9.17) is 27.2 Å². The number of aliphatic hydroxyl groups is 2. The van der Waals surface area contributed by atoms with Gasteiger partial charge in [-0.2, -0.15) is 11.8 Å². The zero-order valence-corrected chi connectivity index (χ0v) is 19.7. The summed E-state index contributed by atoms with van der Waals surface area (Å²) in [5.41, 5.74) is 7.07. The molecular formula is C22H26ClN5O5S. The van der Waals surface area contributed by atoms with Gasteiger partial charge in [-0.3, -0.25) is 4.79 Å². The van der Waals surface area contributed by atoms with Gasteiger partial charge in [0.2, 0.25) is 0 Å². The van der Waals surface area contributed by atoms with Gasteiger partial charge in [-0.25, -0.2) is 9.97 Å². The van der Waals surface area contributed by atoms with E-state index in [1.54, 1.807) is 10.8 Å². The van der Waals surface area contributed by atoms with Crippen molar-refractivity contribution in [2.45, 2.75) is 43.5 Å². The van der Waals surface area contributed by atoms with Gasteiger partial charge in [-0.05, 0) is 35.9 Å². The predicted molar refractivity (Wildman–Crippen MR) is 130 cm³/mol. The van der Waals surface area contributed by atoms with E-state index in [0.717, 1.165) is 10.9 Å². The fourth-order valence-electron chi connectivity index (χ4n) is 3.78. The van der Waals surface area contributed by atoms with Crippen LogP contribution in [0.1, 0.15) is 18.2 Å². The van der Waals surface area contributed by atoms with E-state index in [2.05, 4.69) is 15.3 Å². The largest absolute Gasteiger partial charge is 0.480 e. The number of ether oxygens (including phenoxy) is 1. The lowest BCUT2D eigenvalue weighted by Gasteiger charge is -2.17. The first-order valence-corrected chi connectivity index (χ1v) is 12.3. The summed E-state index contributed by atoms with van der Waals surface area (Å²) < 4.78 is 7.66. The molecule has 1 aliphatic heterocycles. The summed E-state index contributed by atoms with van der Waals surface area (Å²) in [4.78, 5) is 19.5. The van der Waals surface area contributed by atoms with Crippen molar-refractivity contribution < 1.29 is 24.9 Å². The van der Waals surface area contributed by atoms with E-state index < -0.39 is 36.6 Å². The Morgan fingerprint density at radius 2 is 2.12 bits per heavy atom. The van der Waals surface area contributed by atoms with E-state index in [0.29, 0.717) is 41.0 Å². The molecule has 34 heavy (non-hydrogen) atoms. The maximum atomic E-state index is 10.8. The fraction of sp³-hybridized carbons (Fsp3) is 0.409. The molecule has 2 aromatic heterocycles. The SMILES string of the molecule is NC(CCSC[C@H]1O[C@@H](n2ccc3c(NCc4cccc(Cl)c4)ncnc32)C(O)C1O)C(=O)O. The molecule has 0 aliphatic carbocycles. The molecule has 1 aliphatic rings. The van der Waals surface area contributed by atoms with Crippen molar-refractivity contribution in [2.75, 3.05) is 16.8 Å². The van der Waals surface area contributed by atoms with Crippen LogP contribution in [0.3, 0.4) is 0 Å². The standard InChI is InChI=1S/C22H26ClN5O5S/c23-13-3-1-2-12(8-13)9-25-19-14-4-6-28(20(14)27-11-26-19)21-18(30)17(29)16(33-21)10-34-7-5-15(24)22(31)32/h1-4,6,8,11,15-18,21,29-30H,5,7,9-10,24H2,(H,31,32)(H,25,26,27)/t15?,16-,17?,18?,21-/m1/s1. The van der Waals surface area contributed by atoms with E-state index in [9.17, 15) is 15.0 Å². The minimum atomic E-state index is -1.15. The summed E-state index contributed by atoms with van der Waals surface area (Å²) >= 11 is 7.47. The fourth-order valence-corrected chi connectivity index (χ4v) is 5.09. The van der Waals surface area contributed by atoms with Crippen molar-refractivity contribution in [1.82, 2.24) is 14.5 Å². The van der Waals surface area contributed by atoms with Crippen LogP contribution in [0.15, 0.2) is 42.9 Å². The number of thioether (sulfide) groups is 1. The first-order chi connectivity index (χ1) is 16.3. The average Bonchev–Trinajstić information content (AvgIpc) is 3.37. The third kappa shape index (κ3) is 5.45. The monoisotopic (exact) mass is 507 g/mol. The number of fused-ring (bicyclic) bond motifs is 1. The predicted octanol–water partition coefficient (Wildman–Crippen LogP) is 1.85. The van der Waals surface area contributed by atoms with Crippen LogP contribution in [-0.2, 0) is 16.1 Å². The Morgan fingerprint density at radius 1 is 1.29 bits per heavy atom. The topological polar surface area (TPSA) is 156 Å². The lowest BCUT2D eigenvalue weighted by Crippen LogP contribution is -2.33. The summed E-state index contributed by atoms with van der Waals surface area (Å²) in [6.07, 6.45) is -0.215. The van der Waals surface area contributed by atoms with Crippen LogP contribution in [0.2, 0.25) is 5.02 Å². The molecule has 5 atom stereocenters. The number of aromatic nitrogens is 3. The number of aliphatic carboxylic acids is 1. The number of nitrogens with zero attached hydrogens (tertiary/aromatic N) is 3. The Labute approximate surface area is 205 Å². The molecule has 0 bridgehead atoms. The number of nitrogens with two attached hydrogens (primary N) is 1. The molecule has 3 unspecified atom stereocenters. The Hall–Kier alpha value is -2.41. The number of hydrogen-bond acceptors (Lipinski definition) is 9. The van der Waals surface area contributed by atoms with Crippen LogP contribution in [0.5, 0.6) is 0 Å². The number of aliphatic hydroxyl groups excluding tert-OH is 2. The van der Waals surface area contributed by atoms with E-state index >= 15 is 0 Å². The molecular weight excluding hydrogens is 482 g/mol.